The highest BCUT2D eigenvalue weighted by Gasteiger charge is 2.17. The number of nitrogens with zero attached hydrogens (tertiary/aromatic N) is 2. The summed E-state index contributed by atoms with van der Waals surface area (Å²) in [4.78, 5) is 39.5. The van der Waals surface area contributed by atoms with Crippen molar-refractivity contribution in [1.82, 2.24) is 9.80 Å². The Labute approximate surface area is 153 Å². The summed E-state index contributed by atoms with van der Waals surface area (Å²) >= 11 is 5.80. The molecular weight excluding hydrogens is 344 g/mol. The maximum atomic E-state index is 12.4. The minimum absolute atomic E-state index is 0.106. The molecule has 0 unspecified atom stereocenters. The first-order valence-corrected chi connectivity index (χ1v) is 8.49. The first-order valence-electron chi connectivity index (χ1n) is 8.11. The Morgan fingerprint density at radius 1 is 0.960 bits per heavy atom. The van der Waals surface area contributed by atoms with E-state index in [4.69, 9.17) is 11.6 Å². The number of Topliss-reactive ketones (excluding diaryl/α,β-unsaturated/α-hetero) is 1. The Hall–Kier alpha value is -1.92. The fourth-order valence-electron chi connectivity index (χ4n) is 2.17. The maximum Gasteiger partial charge on any atom is 0.307 e. The van der Waals surface area contributed by atoms with Gasteiger partial charge >= 0.3 is 5.97 Å². The number of rotatable bonds is 10. The van der Waals surface area contributed by atoms with Crippen molar-refractivity contribution in [2.75, 3.05) is 40.8 Å². The van der Waals surface area contributed by atoms with Crippen LogP contribution in [0.2, 0.25) is 5.02 Å². The highest BCUT2D eigenvalue weighted by atomic mass is 35.5. The van der Waals surface area contributed by atoms with Crippen LogP contribution in [0.3, 0.4) is 0 Å². The number of benzene rings is 1. The second-order valence-electron chi connectivity index (χ2n) is 5.94. The molecule has 1 amide bonds. The summed E-state index contributed by atoms with van der Waals surface area (Å²) in [5, 5.41) is 0.560. The number of amides is 1. The lowest BCUT2D eigenvalue weighted by Gasteiger charge is -2.24. The number of hydrogen-bond acceptors (Lipinski definition) is 5. The van der Waals surface area contributed by atoms with Crippen LogP contribution in [-0.2, 0) is 14.3 Å². The van der Waals surface area contributed by atoms with E-state index in [0.29, 0.717) is 23.7 Å². The van der Waals surface area contributed by atoms with E-state index >= 15 is 0 Å². The van der Waals surface area contributed by atoms with Crippen molar-refractivity contribution in [3.05, 3.63) is 34.9 Å². The highest BCUT2D eigenvalue weighted by Crippen LogP contribution is 2.12. The van der Waals surface area contributed by atoms with Crippen molar-refractivity contribution in [3.63, 3.8) is 0 Å². The zero-order chi connectivity index (χ0) is 18.8. The van der Waals surface area contributed by atoms with Crippen LogP contribution in [0, 0.1) is 0 Å². The van der Waals surface area contributed by atoms with Crippen LogP contribution in [0.1, 0.15) is 29.6 Å². The molecule has 1 aromatic rings. The lowest BCUT2D eigenvalue weighted by molar-refractivity contribution is -0.141. The second-order valence-corrected chi connectivity index (χ2v) is 6.38. The maximum absolute atomic E-state index is 12.4. The second kappa shape index (κ2) is 10.8. The van der Waals surface area contributed by atoms with Crippen molar-refractivity contribution in [2.45, 2.75) is 19.3 Å². The van der Waals surface area contributed by atoms with Gasteiger partial charge in [0.15, 0.2) is 5.78 Å². The lowest BCUT2D eigenvalue weighted by atomic mass is 10.1. The third-order valence-electron chi connectivity index (χ3n) is 3.72. The summed E-state index contributed by atoms with van der Waals surface area (Å²) in [7, 11) is 5.14. The Morgan fingerprint density at radius 3 is 2.16 bits per heavy atom. The van der Waals surface area contributed by atoms with Gasteiger partial charge in [-0.25, -0.2) is 0 Å². The van der Waals surface area contributed by atoms with Gasteiger partial charge in [-0.15, -0.1) is 0 Å². The van der Waals surface area contributed by atoms with E-state index in [9.17, 15) is 14.4 Å². The molecule has 6 nitrogen and oxygen atoms in total. The largest absolute Gasteiger partial charge is 0.469 e. The normalized spacial score (nSPS) is 10.6. The molecule has 0 aliphatic carbocycles. The van der Waals surface area contributed by atoms with E-state index in [2.05, 4.69) is 4.74 Å². The van der Waals surface area contributed by atoms with Gasteiger partial charge < -0.3 is 14.5 Å². The SMILES string of the molecule is COC(=O)CCN(CCN(C)C)C(=O)CCC(=O)c1ccc(Cl)cc1. The fraction of sp³-hybridized carbons (Fsp3) is 0.500. The molecule has 0 saturated carbocycles. The fourth-order valence-corrected chi connectivity index (χ4v) is 2.29. The minimum Gasteiger partial charge on any atom is -0.469 e. The zero-order valence-electron chi connectivity index (χ0n) is 15.0. The standard InChI is InChI=1S/C18H25ClN2O4/c1-20(2)12-13-21(11-10-18(24)25-3)17(23)9-8-16(22)14-4-6-15(19)7-5-14/h4-7H,8-13H2,1-3H3. The molecule has 0 spiro atoms. The van der Waals surface area contributed by atoms with Crippen molar-refractivity contribution >= 4 is 29.3 Å². The summed E-state index contributed by atoms with van der Waals surface area (Å²) < 4.78 is 4.62. The molecule has 7 heteroatoms. The van der Waals surface area contributed by atoms with E-state index in [-0.39, 0.29) is 43.5 Å². The molecule has 0 N–H and O–H groups in total. The van der Waals surface area contributed by atoms with Gasteiger partial charge in [0.25, 0.3) is 0 Å². The van der Waals surface area contributed by atoms with Gasteiger partial charge in [-0.1, -0.05) is 11.6 Å². The summed E-state index contributed by atoms with van der Waals surface area (Å²) in [6, 6.07) is 6.60. The number of halogens is 1. The van der Waals surface area contributed by atoms with Crippen LogP contribution in [0.5, 0.6) is 0 Å². The average Bonchev–Trinajstić information content (AvgIpc) is 2.59. The van der Waals surface area contributed by atoms with Crippen molar-refractivity contribution in [2.24, 2.45) is 0 Å². The van der Waals surface area contributed by atoms with Crippen molar-refractivity contribution in [1.29, 1.82) is 0 Å². The van der Waals surface area contributed by atoms with Gasteiger partial charge in [0.05, 0.1) is 13.5 Å². The number of ketones is 1. The quantitative estimate of drug-likeness (QED) is 0.468. The molecule has 0 aromatic heterocycles. The number of carbonyl (C=O) groups excluding carboxylic acids is 3. The van der Waals surface area contributed by atoms with E-state index < -0.39 is 0 Å². The van der Waals surface area contributed by atoms with Crippen molar-refractivity contribution < 1.29 is 19.1 Å². The molecule has 1 aromatic carbocycles. The molecule has 0 aliphatic rings. The van der Waals surface area contributed by atoms with Crippen LogP contribution < -0.4 is 0 Å². The van der Waals surface area contributed by atoms with E-state index in [0.717, 1.165) is 0 Å². The van der Waals surface area contributed by atoms with Crippen molar-refractivity contribution in [3.8, 4) is 0 Å². The number of methoxy groups -OCH3 is 1. The van der Waals surface area contributed by atoms with Gasteiger partial charge in [0.2, 0.25) is 5.91 Å². The third kappa shape index (κ3) is 8.14. The van der Waals surface area contributed by atoms with Gasteiger partial charge in [0.1, 0.15) is 0 Å². The number of ether oxygens (including phenoxy) is 1. The summed E-state index contributed by atoms with van der Waals surface area (Å²) in [5.41, 5.74) is 0.534. The summed E-state index contributed by atoms with van der Waals surface area (Å²) in [6.07, 6.45) is 0.369. The van der Waals surface area contributed by atoms with Gasteiger partial charge in [-0.3, -0.25) is 14.4 Å². The van der Waals surface area contributed by atoms with Gasteiger partial charge in [0, 0.05) is 43.1 Å². The molecule has 0 fully saturated rings. The summed E-state index contributed by atoms with van der Waals surface area (Å²) in [6.45, 7) is 1.46. The number of likely N-dealkylation sites (N-methyl/N-ethyl adjacent to an activating group) is 1. The van der Waals surface area contributed by atoms with E-state index in [1.54, 1.807) is 29.2 Å². The first-order chi connectivity index (χ1) is 11.8. The highest BCUT2D eigenvalue weighted by molar-refractivity contribution is 6.30. The van der Waals surface area contributed by atoms with Crippen LogP contribution in [0.25, 0.3) is 0 Å². The summed E-state index contributed by atoms with van der Waals surface area (Å²) in [5.74, 6) is -0.612. The van der Waals surface area contributed by atoms with E-state index in [1.165, 1.54) is 7.11 Å². The molecule has 138 valence electrons. The molecule has 25 heavy (non-hydrogen) atoms. The monoisotopic (exact) mass is 368 g/mol. The predicted molar refractivity (Wildman–Crippen MR) is 96.8 cm³/mol. The molecule has 1 rings (SSSR count). The molecule has 0 heterocycles. The average molecular weight is 369 g/mol. The molecule has 0 bridgehead atoms. The van der Waals surface area contributed by atoms with Gasteiger partial charge in [-0.2, -0.15) is 0 Å². The molecule has 0 saturated heterocycles. The Bertz CT molecular complexity index is 587. The van der Waals surface area contributed by atoms with Crippen LogP contribution in [-0.4, -0.2) is 68.3 Å². The predicted octanol–water partition coefficient (Wildman–Crippen LogP) is 2.26. The minimum atomic E-state index is -0.361. The first kappa shape index (κ1) is 21.1. The number of carbonyl (C=O) groups is 3. The zero-order valence-corrected chi connectivity index (χ0v) is 15.7. The topological polar surface area (TPSA) is 66.9 Å². The Kier molecular flexibility index (Phi) is 9.16. The van der Waals surface area contributed by atoms with Crippen LogP contribution in [0.4, 0.5) is 0 Å². The van der Waals surface area contributed by atoms with Gasteiger partial charge in [-0.05, 0) is 38.4 Å². The number of esters is 1. The molecule has 0 aliphatic heterocycles. The van der Waals surface area contributed by atoms with E-state index in [1.807, 2.05) is 19.0 Å². The Balaban J connectivity index is 2.58. The smallest absolute Gasteiger partial charge is 0.307 e. The number of hydrogen-bond donors (Lipinski definition) is 0. The van der Waals surface area contributed by atoms with Crippen LogP contribution >= 0.6 is 11.6 Å². The molecule has 0 radical (unpaired) electrons. The Morgan fingerprint density at radius 2 is 1.60 bits per heavy atom. The lowest BCUT2D eigenvalue weighted by Crippen LogP contribution is -2.38. The molecular formula is C18H25ClN2O4. The third-order valence-corrected chi connectivity index (χ3v) is 3.97. The molecule has 0 atom stereocenters. The van der Waals surface area contributed by atoms with Crippen LogP contribution in [0.15, 0.2) is 24.3 Å².